The zero-order chi connectivity index (χ0) is 23.5. The average molecular weight is 432 g/mol. The number of nitrogens with zero attached hydrogens (tertiary/aromatic N) is 3. The molecule has 0 aromatic heterocycles. The maximum Gasteiger partial charge on any atom is 0.157 e. The Morgan fingerprint density at radius 3 is 2.03 bits per heavy atom. The second-order valence-corrected chi connectivity index (χ2v) is 7.38. The van der Waals surface area contributed by atoms with Gasteiger partial charge in [0.15, 0.2) is 5.84 Å². The van der Waals surface area contributed by atoms with Crippen LogP contribution in [0.4, 0.5) is 0 Å². The summed E-state index contributed by atoms with van der Waals surface area (Å²) in [6, 6.07) is 26.9. The highest BCUT2D eigenvalue weighted by atomic mass is 15.0. The van der Waals surface area contributed by atoms with Crippen LogP contribution in [0.1, 0.15) is 30.0 Å². The summed E-state index contributed by atoms with van der Waals surface area (Å²) >= 11 is 0. The molecule has 3 aromatic carbocycles. The Kier molecular flexibility index (Phi) is 8.61. The van der Waals surface area contributed by atoms with E-state index in [4.69, 9.17) is 4.99 Å². The van der Waals surface area contributed by atoms with Crippen molar-refractivity contribution in [2.45, 2.75) is 19.9 Å². The second-order valence-electron chi connectivity index (χ2n) is 7.38. The monoisotopic (exact) mass is 431 g/mol. The number of benzene rings is 3. The Morgan fingerprint density at radius 2 is 1.45 bits per heavy atom. The lowest BCUT2D eigenvalue weighted by atomic mass is 10.0. The van der Waals surface area contributed by atoms with Crippen molar-refractivity contribution in [3.05, 3.63) is 127 Å². The molecule has 0 saturated carbocycles. The molecule has 3 rings (SSSR count). The van der Waals surface area contributed by atoms with Crippen molar-refractivity contribution in [2.24, 2.45) is 15.0 Å². The number of hydrogen-bond donors (Lipinski definition) is 0. The molecule has 0 aliphatic carbocycles. The van der Waals surface area contributed by atoms with Crippen molar-refractivity contribution in [3.8, 4) is 11.1 Å². The van der Waals surface area contributed by atoms with Gasteiger partial charge in [-0.1, -0.05) is 117 Å². The molecular weight excluding hydrogens is 402 g/mol. The van der Waals surface area contributed by atoms with Gasteiger partial charge in [-0.3, -0.25) is 4.99 Å². The molecule has 0 heterocycles. The van der Waals surface area contributed by atoms with Crippen molar-refractivity contribution in [1.29, 1.82) is 0 Å². The maximum atomic E-state index is 4.82. The minimum atomic E-state index is 0.526. The third-order valence-electron chi connectivity index (χ3n) is 5.20. The van der Waals surface area contributed by atoms with Gasteiger partial charge in [-0.15, -0.1) is 0 Å². The van der Waals surface area contributed by atoms with Crippen molar-refractivity contribution < 1.29 is 0 Å². The van der Waals surface area contributed by atoms with E-state index in [1.807, 2.05) is 61.5 Å². The first kappa shape index (κ1) is 23.6. The lowest BCUT2D eigenvalue weighted by Gasteiger charge is -2.07. The highest BCUT2D eigenvalue weighted by Gasteiger charge is 2.06. The molecule has 0 bridgehead atoms. The lowest BCUT2D eigenvalue weighted by Crippen LogP contribution is -2.03. The summed E-state index contributed by atoms with van der Waals surface area (Å²) in [5.74, 6) is 1.31. The van der Waals surface area contributed by atoms with Crippen molar-refractivity contribution in [1.82, 2.24) is 0 Å². The minimum Gasteiger partial charge on any atom is -0.261 e. The first-order valence-electron chi connectivity index (χ1n) is 11.0. The van der Waals surface area contributed by atoms with E-state index in [0.717, 1.165) is 22.3 Å². The van der Waals surface area contributed by atoms with Crippen molar-refractivity contribution in [2.75, 3.05) is 0 Å². The third kappa shape index (κ3) is 6.44. The summed E-state index contributed by atoms with van der Waals surface area (Å²) in [5, 5.41) is 0. The molecule has 0 atom stereocenters. The van der Waals surface area contributed by atoms with Crippen LogP contribution in [0, 0.1) is 0 Å². The van der Waals surface area contributed by atoms with E-state index in [1.54, 1.807) is 6.08 Å². The van der Waals surface area contributed by atoms with Crippen LogP contribution in [-0.4, -0.2) is 18.4 Å². The third-order valence-corrected chi connectivity index (χ3v) is 5.20. The van der Waals surface area contributed by atoms with Gasteiger partial charge >= 0.3 is 0 Å². The lowest BCUT2D eigenvalue weighted by molar-refractivity contribution is 1.06. The fraction of sp³-hybridized carbons (Fsp3) is 0.100. The maximum absolute atomic E-state index is 4.82. The zero-order valence-corrected chi connectivity index (χ0v) is 19.1. The Labute approximate surface area is 197 Å². The Hall–Kier alpha value is -4.11. The molecule has 0 saturated heterocycles. The summed E-state index contributed by atoms with van der Waals surface area (Å²) in [6.07, 6.45) is 6.20. The second kappa shape index (κ2) is 12.1. The van der Waals surface area contributed by atoms with Gasteiger partial charge in [-0.25, -0.2) is 9.98 Å². The van der Waals surface area contributed by atoms with E-state index < -0.39 is 0 Å². The summed E-state index contributed by atoms with van der Waals surface area (Å²) in [4.78, 5) is 13.5. The van der Waals surface area contributed by atoms with Crippen molar-refractivity contribution >= 4 is 24.0 Å². The minimum absolute atomic E-state index is 0.526. The fourth-order valence-corrected chi connectivity index (χ4v) is 3.36. The molecule has 3 aromatic rings. The summed E-state index contributed by atoms with van der Waals surface area (Å²) < 4.78 is 0. The molecule has 0 aliphatic rings. The van der Waals surface area contributed by atoms with Crippen LogP contribution < -0.4 is 0 Å². The molecule has 3 heteroatoms. The molecule has 0 spiro atoms. The molecule has 0 N–H and O–H groups in total. The van der Waals surface area contributed by atoms with Crippen LogP contribution in [0.3, 0.4) is 0 Å². The van der Waals surface area contributed by atoms with Gasteiger partial charge in [0.05, 0.1) is 6.54 Å². The van der Waals surface area contributed by atoms with Gasteiger partial charge in [0.2, 0.25) is 0 Å². The van der Waals surface area contributed by atoms with Gasteiger partial charge < -0.3 is 0 Å². The van der Waals surface area contributed by atoms with Gasteiger partial charge in [0, 0.05) is 12.0 Å². The molecule has 0 unspecified atom stereocenters. The number of amidine groups is 2. The summed E-state index contributed by atoms with van der Waals surface area (Å²) in [6.45, 7) is 13.8. The number of allylic oxidation sites excluding steroid dienone is 4. The van der Waals surface area contributed by atoms with Crippen LogP contribution in [0.2, 0.25) is 0 Å². The average Bonchev–Trinajstić information content (AvgIpc) is 2.88. The van der Waals surface area contributed by atoms with Crippen LogP contribution in [0.25, 0.3) is 16.7 Å². The fourth-order valence-electron chi connectivity index (χ4n) is 3.36. The number of rotatable bonds is 8. The Balaban J connectivity index is 1.88. The SMILES string of the molecule is C=C/C=C(\C=C)c1ccc(C(N=C(CC)N=C)=NCc2ccc(-c3ccccc3)cc2)cc1. The summed E-state index contributed by atoms with van der Waals surface area (Å²) in [5.41, 5.74) is 6.51. The van der Waals surface area contributed by atoms with Gasteiger partial charge in [0.1, 0.15) is 5.84 Å². The molecular formula is C30H29N3. The predicted molar refractivity (Wildman–Crippen MR) is 144 cm³/mol. The smallest absolute Gasteiger partial charge is 0.157 e. The number of hydrogen-bond acceptors (Lipinski definition) is 1. The molecule has 0 fully saturated rings. The largest absolute Gasteiger partial charge is 0.261 e. The number of aliphatic imine (C=N–C) groups is 3. The van der Waals surface area contributed by atoms with Crippen molar-refractivity contribution in [3.63, 3.8) is 0 Å². The van der Waals surface area contributed by atoms with E-state index in [1.165, 1.54) is 11.1 Å². The Bertz CT molecular complexity index is 1180. The van der Waals surface area contributed by atoms with E-state index in [0.29, 0.717) is 24.6 Å². The first-order chi connectivity index (χ1) is 16.2. The topological polar surface area (TPSA) is 37.1 Å². The van der Waals surface area contributed by atoms with Crippen LogP contribution in [0.5, 0.6) is 0 Å². The molecule has 164 valence electrons. The van der Waals surface area contributed by atoms with Crippen LogP contribution >= 0.6 is 0 Å². The Morgan fingerprint density at radius 1 is 0.818 bits per heavy atom. The first-order valence-corrected chi connectivity index (χ1v) is 11.0. The normalized spacial score (nSPS) is 12.3. The standard InChI is InChI=1S/C30H29N3/c1-5-11-24(6-2)26-18-20-28(21-19-26)30(33-29(7-3)31-4)32-22-23-14-16-27(17-15-23)25-12-9-8-10-13-25/h5-6,8-21H,1-2,4,7,22H2,3H3/b24-11+,32-30?,33-29?. The van der Waals surface area contributed by atoms with Gasteiger partial charge in [0.25, 0.3) is 0 Å². The van der Waals surface area contributed by atoms with E-state index in [2.05, 4.69) is 66.3 Å². The van der Waals surface area contributed by atoms with Crippen LogP contribution in [-0.2, 0) is 6.54 Å². The van der Waals surface area contributed by atoms with Crippen LogP contribution in [0.15, 0.2) is 125 Å². The molecule has 33 heavy (non-hydrogen) atoms. The van der Waals surface area contributed by atoms with E-state index >= 15 is 0 Å². The quantitative estimate of drug-likeness (QED) is 0.200. The highest BCUT2D eigenvalue weighted by Crippen LogP contribution is 2.20. The molecule has 0 amide bonds. The predicted octanol–water partition coefficient (Wildman–Crippen LogP) is 7.56. The highest BCUT2D eigenvalue weighted by molar-refractivity contribution is 6.07. The summed E-state index contributed by atoms with van der Waals surface area (Å²) in [7, 11) is 0. The van der Waals surface area contributed by atoms with Gasteiger partial charge in [-0.2, -0.15) is 0 Å². The molecule has 0 radical (unpaired) electrons. The van der Waals surface area contributed by atoms with E-state index in [9.17, 15) is 0 Å². The molecule has 0 aliphatic heterocycles. The van der Waals surface area contributed by atoms with Gasteiger partial charge in [-0.05, 0) is 34.5 Å². The molecule has 3 nitrogen and oxygen atoms in total. The zero-order valence-electron chi connectivity index (χ0n) is 19.1. The van der Waals surface area contributed by atoms with E-state index in [-0.39, 0.29) is 0 Å².